The van der Waals surface area contributed by atoms with Crippen LogP contribution in [0, 0.1) is 5.92 Å². The number of aliphatic hydroxyl groups excluding tert-OH is 1. The fraction of sp³-hybridized carbons (Fsp3) is 0.474. The first kappa shape index (κ1) is 20.7. The number of benzene rings is 1. The summed E-state index contributed by atoms with van der Waals surface area (Å²) in [6.45, 7) is 3.88. The fourth-order valence-corrected chi connectivity index (χ4v) is 2.93. The molecule has 1 aliphatic rings. The number of anilines is 3. The van der Waals surface area contributed by atoms with Gasteiger partial charge in [0.2, 0.25) is 5.95 Å². The van der Waals surface area contributed by atoms with Gasteiger partial charge in [0.05, 0.1) is 34.6 Å². The van der Waals surface area contributed by atoms with Crippen LogP contribution < -0.4 is 10.6 Å². The highest BCUT2D eigenvalue weighted by molar-refractivity contribution is 6.33. The maximum atomic E-state index is 12.8. The highest BCUT2D eigenvalue weighted by Gasteiger charge is 2.31. The van der Waals surface area contributed by atoms with Crippen molar-refractivity contribution >= 4 is 29.1 Å². The van der Waals surface area contributed by atoms with Gasteiger partial charge in [-0.05, 0) is 37.0 Å². The van der Waals surface area contributed by atoms with Gasteiger partial charge in [0.1, 0.15) is 5.82 Å². The van der Waals surface area contributed by atoms with E-state index in [1.807, 2.05) is 13.8 Å². The van der Waals surface area contributed by atoms with E-state index < -0.39 is 11.7 Å². The molecule has 1 aromatic heterocycles. The third-order valence-corrected chi connectivity index (χ3v) is 4.93. The van der Waals surface area contributed by atoms with Crippen molar-refractivity contribution in [2.24, 2.45) is 5.92 Å². The second kappa shape index (κ2) is 8.13. The quantitative estimate of drug-likeness (QED) is 0.581. The lowest BCUT2D eigenvalue weighted by Gasteiger charge is -2.21. The standard InChI is InChI=1S/C19H22ClF3N4O/c1-10(2)16(9-28)26-18-25-15(11-3-4-11)8-17(27-18)24-14-6-5-12(7-13(14)20)19(21,22)23/h5-8,10-11,16,28H,3-4,9H2,1-2H3,(H2,24,25,26,27)/t16-/m0/s1. The maximum Gasteiger partial charge on any atom is 0.416 e. The fourth-order valence-electron chi connectivity index (χ4n) is 2.70. The van der Waals surface area contributed by atoms with Crippen LogP contribution in [0.1, 0.15) is 43.9 Å². The number of hydrogen-bond acceptors (Lipinski definition) is 5. The summed E-state index contributed by atoms with van der Waals surface area (Å²) in [5.74, 6) is 1.31. The minimum atomic E-state index is -4.45. The first-order valence-corrected chi connectivity index (χ1v) is 9.45. The Hall–Kier alpha value is -2.06. The highest BCUT2D eigenvalue weighted by atomic mass is 35.5. The average molecular weight is 415 g/mol. The van der Waals surface area contributed by atoms with Crippen LogP contribution in [-0.2, 0) is 6.18 Å². The Balaban J connectivity index is 1.87. The van der Waals surface area contributed by atoms with Crippen molar-refractivity contribution in [2.45, 2.75) is 44.8 Å². The molecule has 1 atom stereocenters. The van der Waals surface area contributed by atoms with Gasteiger partial charge < -0.3 is 15.7 Å². The summed E-state index contributed by atoms with van der Waals surface area (Å²) < 4.78 is 38.5. The molecule has 0 bridgehead atoms. The SMILES string of the molecule is CC(C)[C@H](CO)Nc1nc(Nc2ccc(C(F)(F)F)cc2Cl)cc(C2CC2)n1. The molecule has 152 valence electrons. The molecule has 1 fully saturated rings. The largest absolute Gasteiger partial charge is 0.416 e. The second-order valence-electron chi connectivity index (χ2n) is 7.27. The minimum absolute atomic E-state index is 0.0497. The van der Waals surface area contributed by atoms with Gasteiger partial charge >= 0.3 is 6.18 Å². The third-order valence-electron chi connectivity index (χ3n) is 4.62. The molecular weight excluding hydrogens is 393 g/mol. The van der Waals surface area contributed by atoms with E-state index in [1.165, 1.54) is 6.07 Å². The molecule has 1 saturated carbocycles. The van der Waals surface area contributed by atoms with E-state index in [9.17, 15) is 18.3 Å². The van der Waals surface area contributed by atoms with E-state index in [1.54, 1.807) is 6.07 Å². The van der Waals surface area contributed by atoms with Crippen LogP contribution in [0.15, 0.2) is 24.3 Å². The van der Waals surface area contributed by atoms with Gasteiger partial charge in [-0.15, -0.1) is 0 Å². The molecule has 1 heterocycles. The van der Waals surface area contributed by atoms with Crippen molar-refractivity contribution in [1.29, 1.82) is 0 Å². The Morgan fingerprint density at radius 3 is 2.46 bits per heavy atom. The van der Waals surface area contributed by atoms with Crippen LogP contribution in [0.4, 0.5) is 30.6 Å². The topological polar surface area (TPSA) is 70.1 Å². The van der Waals surface area contributed by atoms with E-state index in [-0.39, 0.29) is 23.6 Å². The molecule has 1 aliphatic carbocycles. The monoisotopic (exact) mass is 414 g/mol. The minimum Gasteiger partial charge on any atom is -0.394 e. The molecule has 3 N–H and O–H groups in total. The summed E-state index contributed by atoms with van der Waals surface area (Å²) in [6, 6.07) is 4.70. The smallest absolute Gasteiger partial charge is 0.394 e. The zero-order valence-corrected chi connectivity index (χ0v) is 16.3. The zero-order valence-electron chi connectivity index (χ0n) is 15.5. The summed E-state index contributed by atoms with van der Waals surface area (Å²) in [5, 5.41) is 15.6. The lowest BCUT2D eigenvalue weighted by atomic mass is 10.1. The van der Waals surface area contributed by atoms with Crippen molar-refractivity contribution in [3.05, 3.63) is 40.5 Å². The molecule has 0 radical (unpaired) electrons. The van der Waals surface area contributed by atoms with Gasteiger partial charge in [-0.2, -0.15) is 18.2 Å². The number of rotatable bonds is 7. The highest BCUT2D eigenvalue weighted by Crippen LogP contribution is 2.40. The summed E-state index contributed by atoms with van der Waals surface area (Å²) in [7, 11) is 0. The predicted octanol–water partition coefficient (Wildman–Crippen LogP) is 5.20. The lowest BCUT2D eigenvalue weighted by molar-refractivity contribution is -0.137. The number of alkyl halides is 3. The summed E-state index contributed by atoms with van der Waals surface area (Å²) in [4.78, 5) is 8.92. The number of hydrogen-bond donors (Lipinski definition) is 3. The van der Waals surface area contributed by atoms with Crippen molar-refractivity contribution in [3.63, 3.8) is 0 Å². The molecule has 0 unspecified atom stereocenters. The Morgan fingerprint density at radius 2 is 1.93 bits per heavy atom. The van der Waals surface area contributed by atoms with Gasteiger partial charge in [0, 0.05) is 12.0 Å². The van der Waals surface area contributed by atoms with Crippen molar-refractivity contribution in [3.8, 4) is 0 Å². The van der Waals surface area contributed by atoms with Crippen molar-refractivity contribution in [1.82, 2.24) is 9.97 Å². The normalized spacial score (nSPS) is 15.6. The number of aliphatic hydroxyl groups is 1. The van der Waals surface area contributed by atoms with Crippen molar-refractivity contribution < 1.29 is 18.3 Å². The molecule has 28 heavy (non-hydrogen) atoms. The Labute approximate surface area is 166 Å². The van der Waals surface area contributed by atoms with E-state index in [4.69, 9.17) is 11.6 Å². The molecule has 0 amide bonds. The molecular formula is C19H22ClF3N4O. The molecule has 3 rings (SSSR count). The Bertz CT molecular complexity index is 840. The molecule has 2 aromatic rings. The average Bonchev–Trinajstić information content (AvgIpc) is 3.45. The third kappa shape index (κ3) is 5.05. The van der Waals surface area contributed by atoms with Crippen LogP contribution >= 0.6 is 11.6 Å². The van der Waals surface area contributed by atoms with E-state index in [0.29, 0.717) is 23.4 Å². The predicted molar refractivity (Wildman–Crippen MR) is 103 cm³/mol. The number of nitrogens with one attached hydrogen (secondary N) is 2. The van der Waals surface area contributed by atoms with Crippen molar-refractivity contribution in [2.75, 3.05) is 17.2 Å². The van der Waals surface area contributed by atoms with Crippen LogP contribution in [-0.4, -0.2) is 27.7 Å². The van der Waals surface area contributed by atoms with Crippen LogP contribution in [0.3, 0.4) is 0 Å². The van der Waals surface area contributed by atoms with Crippen LogP contribution in [0.2, 0.25) is 5.02 Å². The molecule has 0 spiro atoms. The van der Waals surface area contributed by atoms with Crippen LogP contribution in [0.25, 0.3) is 0 Å². The first-order chi connectivity index (χ1) is 13.2. The van der Waals surface area contributed by atoms with Gasteiger partial charge in [0.25, 0.3) is 0 Å². The number of aromatic nitrogens is 2. The lowest BCUT2D eigenvalue weighted by Crippen LogP contribution is -2.30. The number of halogens is 4. The number of nitrogens with zero attached hydrogens (tertiary/aromatic N) is 2. The summed E-state index contributed by atoms with van der Waals surface area (Å²) >= 11 is 6.03. The van der Waals surface area contributed by atoms with Crippen LogP contribution in [0.5, 0.6) is 0 Å². The molecule has 0 aliphatic heterocycles. The molecule has 5 nitrogen and oxygen atoms in total. The van der Waals surface area contributed by atoms with E-state index in [0.717, 1.165) is 30.7 Å². The second-order valence-corrected chi connectivity index (χ2v) is 7.68. The summed E-state index contributed by atoms with van der Waals surface area (Å²) in [5.41, 5.74) is 0.363. The zero-order chi connectivity index (χ0) is 20.5. The maximum absolute atomic E-state index is 12.8. The van der Waals surface area contributed by atoms with Gasteiger partial charge in [0.15, 0.2) is 0 Å². The Kier molecular flexibility index (Phi) is 6.00. The summed E-state index contributed by atoms with van der Waals surface area (Å²) in [6.07, 6.45) is -2.39. The van der Waals surface area contributed by atoms with Gasteiger partial charge in [-0.1, -0.05) is 25.4 Å². The van der Waals surface area contributed by atoms with Gasteiger partial charge in [-0.3, -0.25) is 0 Å². The first-order valence-electron chi connectivity index (χ1n) is 9.07. The molecule has 1 aromatic carbocycles. The van der Waals surface area contributed by atoms with E-state index in [2.05, 4.69) is 20.6 Å². The molecule has 0 saturated heterocycles. The van der Waals surface area contributed by atoms with E-state index >= 15 is 0 Å². The van der Waals surface area contributed by atoms with Gasteiger partial charge in [-0.25, -0.2) is 4.98 Å². The molecule has 9 heteroatoms. The Morgan fingerprint density at radius 1 is 1.21 bits per heavy atom.